The fourth-order valence-corrected chi connectivity index (χ4v) is 4.04. The molecular weight excluding hydrogens is 250 g/mol. The summed E-state index contributed by atoms with van der Waals surface area (Å²) in [5.41, 5.74) is 5.96. The third-order valence-electron chi connectivity index (χ3n) is 3.55. The first-order valence-electron chi connectivity index (χ1n) is 5.55. The van der Waals surface area contributed by atoms with Crippen LogP contribution in [-0.4, -0.2) is 38.4 Å². The molecule has 2 rings (SSSR count). The Kier molecular flexibility index (Phi) is 4.59. The topological polar surface area (TPSA) is 75.4 Å². The van der Waals surface area contributed by atoms with Gasteiger partial charge in [-0.15, -0.1) is 12.4 Å². The first-order valence-corrected chi connectivity index (χ1v) is 6.99. The van der Waals surface area contributed by atoms with Crippen molar-refractivity contribution in [3.05, 3.63) is 0 Å². The number of halogens is 1. The molecule has 1 aliphatic heterocycles. The van der Waals surface area contributed by atoms with Crippen LogP contribution in [0.2, 0.25) is 0 Å². The Morgan fingerprint density at radius 1 is 1.38 bits per heavy atom. The van der Waals surface area contributed by atoms with Crippen molar-refractivity contribution in [1.82, 2.24) is 9.03 Å². The van der Waals surface area contributed by atoms with Gasteiger partial charge in [0.1, 0.15) is 0 Å². The van der Waals surface area contributed by atoms with E-state index in [0.29, 0.717) is 31.5 Å². The zero-order valence-electron chi connectivity index (χ0n) is 9.43. The van der Waals surface area contributed by atoms with Crippen LogP contribution < -0.4 is 10.5 Å². The van der Waals surface area contributed by atoms with Crippen molar-refractivity contribution in [3.63, 3.8) is 0 Å². The van der Waals surface area contributed by atoms with Crippen LogP contribution >= 0.6 is 12.4 Å². The molecule has 0 spiro atoms. The van der Waals surface area contributed by atoms with Crippen molar-refractivity contribution in [2.24, 2.45) is 17.6 Å². The van der Waals surface area contributed by atoms with E-state index in [1.165, 1.54) is 0 Å². The predicted octanol–water partition coefficient (Wildman–Crippen LogP) is -0.0684. The van der Waals surface area contributed by atoms with E-state index in [1.54, 1.807) is 11.2 Å². The van der Waals surface area contributed by atoms with E-state index >= 15 is 0 Å². The van der Waals surface area contributed by atoms with Crippen LogP contribution in [0.15, 0.2) is 0 Å². The summed E-state index contributed by atoms with van der Waals surface area (Å²) in [6.45, 7) is 3.48. The summed E-state index contributed by atoms with van der Waals surface area (Å²) in [6, 6.07) is 0.192. The van der Waals surface area contributed by atoms with Crippen molar-refractivity contribution in [1.29, 1.82) is 0 Å². The average Bonchev–Trinajstić information content (AvgIpc) is 2.69. The van der Waals surface area contributed by atoms with Gasteiger partial charge in [-0.25, -0.2) is 4.72 Å². The number of nitrogens with one attached hydrogen (secondary N) is 1. The zero-order chi connectivity index (χ0) is 11.1. The molecule has 0 aromatic rings. The van der Waals surface area contributed by atoms with Gasteiger partial charge in [0.2, 0.25) is 0 Å². The average molecular weight is 270 g/mol. The molecule has 0 amide bonds. The second-order valence-electron chi connectivity index (χ2n) is 4.49. The zero-order valence-corrected chi connectivity index (χ0v) is 11.1. The van der Waals surface area contributed by atoms with Crippen molar-refractivity contribution < 1.29 is 8.42 Å². The Morgan fingerprint density at radius 3 is 2.62 bits per heavy atom. The Morgan fingerprint density at radius 2 is 2.06 bits per heavy atom. The number of hydrogen-bond donors (Lipinski definition) is 2. The van der Waals surface area contributed by atoms with Crippen molar-refractivity contribution >= 4 is 22.6 Å². The van der Waals surface area contributed by atoms with Crippen molar-refractivity contribution in [2.45, 2.75) is 25.8 Å². The van der Waals surface area contributed by atoms with Crippen LogP contribution in [0.4, 0.5) is 0 Å². The highest BCUT2D eigenvalue weighted by Crippen LogP contribution is 2.37. The molecule has 0 bridgehead atoms. The fraction of sp³-hybridized carbons (Fsp3) is 1.00. The predicted molar refractivity (Wildman–Crippen MR) is 65.6 cm³/mol. The fourth-order valence-electron chi connectivity index (χ4n) is 2.74. The normalized spacial score (nSPS) is 34.8. The Bertz CT molecular complexity index is 336. The first kappa shape index (κ1) is 14.2. The van der Waals surface area contributed by atoms with E-state index < -0.39 is 10.2 Å². The minimum atomic E-state index is -3.25. The summed E-state index contributed by atoms with van der Waals surface area (Å²) in [6.07, 6.45) is 2.12. The molecule has 1 heterocycles. The molecule has 3 N–H and O–H groups in total. The van der Waals surface area contributed by atoms with Crippen LogP contribution in [0.1, 0.15) is 19.8 Å². The molecule has 1 aliphatic carbocycles. The van der Waals surface area contributed by atoms with Gasteiger partial charge in [-0.3, -0.25) is 0 Å². The number of rotatable bonds is 3. The summed E-state index contributed by atoms with van der Waals surface area (Å²) in [7, 11) is -3.25. The van der Waals surface area contributed by atoms with E-state index in [0.717, 1.165) is 12.8 Å². The van der Waals surface area contributed by atoms with Gasteiger partial charge in [0, 0.05) is 25.7 Å². The van der Waals surface area contributed by atoms with Gasteiger partial charge in [-0.1, -0.05) is 6.92 Å². The molecule has 2 fully saturated rings. The van der Waals surface area contributed by atoms with E-state index in [-0.39, 0.29) is 18.4 Å². The molecule has 0 aromatic heterocycles. The highest BCUT2D eigenvalue weighted by Gasteiger charge is 2.44. The summed E-state index contributed by atoms with van der Waals surface area (Å²) in [5.74, 6) is 0.854. The summed E-state index contributed by atoms with van der Waals surface area (Å²) in [5, 5.41) is 0. The lowest BCUT2D eigenvalue weighted by atomic mass is 9.98. The standard InChI is InChI=1S/C9H19N3O2S.ClH/c1-2-11-15(13,14)12-5-7-3-4-9(10)8(7)6-12;/h7-9,11H,2-6,10H2,1H3;1H. The van der Waals surface area contributed by atoms with Crippen LogP contribution in [0.3, 0.4) is 0 Å². The van der Waals surface area contributed by atoms with Crippen LogP contribution in [-0.2, 0) is 10.2 Å². The molecule has 1 saturated heterocycles. The second kappa shape index (κ2) is 5.18. The van der Waals surface area contributed by atoms with Crippen LogP contribution in [0.25, 0.3) is 0 Å². The van der Waals surface area contributed by atoms with Gasteiger partial charge < -0.3 is 5.73 Å². The SMILES string of the molecule is CCNS(=O)(=O)N1CC2CCC(N)C2C1.Cl. The molecular formula is C9H20ClN3O2S. The maximum atomic E-state index is 11.7. The second-order valence-corrected chi connectivity index (χ2v) is 6.24. The largest absolute Gasteiger partial charge is 0.327 e. The van der Waals surface area contributed by atoms with Gasteiger partial charge in [-0.05, 0) is 24.7 Å². The van der Waals surface area contributed by atoms with Gasteiger partial charge >= 0.3 is 0 Å². The third kappa shape index (κ3) is 2.51. The summed E-state index contributed by atoms with van der Waals surface area (Å²) < 4.78 is 27.6. The molecule has 2 aliphatic rings. The van der Waals surface area contributed by atoms with Gasteiger partial charge in [0.15, 0.2) is 0 Å². The molecule has 0 aromatic carbocycles. The van der Waals surface area contributed by atoms with E-state index in [1.807, 2.05) is 0 Å². The lowest BCUT2D eigenvalue weighted by Crippen LogP contribution is -2.40. The first-order chi connectivity index (χ1) is 7.04. The molecule has 3 unspecified atom stereocenters. The van der Waals surface area contributed by atoms with Crippen LogP contribution in [0.5, 0.6) is 0 Å². The maximum absolute atomic E-state index is 11.7. The van der Waals surface area contributed by atoms with Crippen LogP contribution in [0, 0.1) is 11.8 Å². The van der Waals surface area contributed by atoms with E-state index in [4.69, 9.17) is 5.73 Å². The third-order valence-corrected chi connectivity index (χ3v) is 5.18. The lowest BCUT2D eigenvalue weighted by molar-refractivity contribution is 0.421. The maximum Gasteiger partial charge on any atom is 0.279 e. The molecule has 96 valence electrons. The van der Waals surface area contributed by atoms with Crippen molar-refractivity contribution in [2.75, 3.05) is 19.6 Å². The Balaban J connectivity index is 0.00000128. The monoisotopic (exact) mass is 269 g/mol. The molecule has 0 radical (unpaired) electrons. The number of fused-ring (bicyclic) bond motifs is 1. The quantitative estimate of drug-likeness (QED) is 0.753. The highest BCUT2D eigenvalue weighted by molar-refractivity contribution is 7.87. The van der Waals surface area contributed by atoms with Gasteiger partial charge in [-0.2, -0.15) is 12.7 Å². The smallest absolute Gasteiger partial charge is 0.279 e. The molecule has 1 saturated carbocycles. The molecule has 7 heteroatoms. The molecule has 16 heavy (non-hydrogen) atoms. The van der Waals surface area contributed by atoms with E-state index in [9.17, 15) is 8.42 Å². The lowest BCUT2D eigenvalue weighted by Gasteiger charge is -2.18. The summed E-state index contributed by atoms with van der Waals surface area (Å²) in [4.78, 5) is 0. The number of hydrogen-bond acceptors (Lipinski definition) is 3. The molecule has 3 atom stereocenters. The Hall–Kier alpha value is 0.120. The summed E-state index contributed by atoms with van der Waals surface area (Å²) >= 11 is 0. The van der Waals surface area contributed by atoms with Gasteiger partial charge in [0.05, 0.1) is 0 Å². The number of nitrogens with zero attached hydrogens (tertiary/aromatic N) is 1. The highest BCUT2D eigenvalue weighted by atomic mass is 35.5. The minimum absolute atomic E-state index is 0. The molecule has 5 nitrogen and oxygen atoms in total. The van der Waals surface area contributed by atoms with E-state index in [2.05, 4.69) is 4.72 Å². The number of nitrogens with two attached hydrogens (primary N) is 1. The minimum Gasteiger partial charge on any atom is -0.327 e. The van der Waals surface area contributed by atoms with Gasteiger partial charge in [0.25, 0.3) is 10.2 Å². The van der Waals surface area contributed by atoms with Crippen molar-refractivity contribution in [3.8, 4) is 0 Å². The Labute approximate surface area is 103 Å².